The number of nitrogens with zero attached hydrogens (tertiary/aromatic N) is 1. The number of halogens is 1. The lowest BCUT2D eigenvalue weighted by molar-refractivity contribution is 0.0921. The number of nitrogens with one attached hydrogen (secondary N) is 1. The van der Waals surface area contributed by atoms with E-state index < -0.39 is 0 Å². The molecule has 0 aromatic carbocycles. The zero-order valence-corrected chi connectivity index (χ0v) is 10.5. The number of carbonyl (C=O) groups excluding carboxylic acids is 1. The van der Waals surface area contributed by atoms with Gasteiger partial charge in [-0.25, -0.2) is 0 Å². The van der Waals surface area contributed by atoms with Crippen molar-refractivity contribution in [1.82, 2.24) is 10.3 Å². The van der Waals surface area contributed by atoms with Gasteiger partial charge < -0.3 is 9.73 Å². The van der Waals surface area contributed by atoms with Crippen molar-refractivity contribution in [3.63, 3.8) is 0 Å². The molecule has 82 valence electrons. The van der Waals surface area contributed by atoms with Gasteiger partial charge >= 0.3 is 0 Å². The average Bonchev–Trinajstić information content (AvgIpc) is 2.74. The summed E-state index contributed by atoms with van der Waals surface area (Å²) in [5.74, 6) is 0.0916. The molecule has 0 bridgehead atoms. The zero-order chi connectivity index (χ0) is 11.4. The minimum atomic E-state index is -0.228. The Bertz CT molecular complexity index is 482. The van der Waals surface area contributed by atoms with Crippen LogP contribution < -0.4 is 5.32 Å². The van der Waals surface area contributed by atoms with Crippen LogP contribution >= 0.6 is 22.6 Å². The average molecular weight is 328 g/mol. The molecule has 1 amide bonds. The monoisotopic (exact) mass is 328 g/mol. The molecule has 0 fully saturated rings. The second-order valence-electron chi connectivity index (χ2n) is 3.11. The summed E-state index contributed by atoms with van der Waals surface area (Å²) in [4.78, 5) is 15.7. The molecule has 0 saturated heterocycles. The summed E-state index contributed by atoms with van der Waals surface area (Å²) in [6, 6.07) is 8.96. The maximum atomic E-state index is 11.6. The fourth-order valence-electron chi connectivity index (χ4n) is 1.20. The smallest absolute Gasteiger partial charge is 0.287 e. The Labute approximate surface area is 106 Å². The van der Waals surface area contributed by atoms with Crippen molar-refractivity contribution in [1.29, 1.82) is 0 Å². The molecule has 0 aliphatic carbocycles. The van der Waals surface area contributed by atoms with Gasteiger partial charge in [-0.15, -0.1) is 0 Å². The van der Waals surface area contributed by atoms with E-state index >= 15 is 0 Å². The number of hydrogen-bond donors (Lipinski definition) is 1. The summed E-state index contributed by atoms with van der Waals surface area (Å²) in [5, 5.41) is 2.73. The van der Waals surface area contributed by atoms with Crippen LogP contribution in [0.15, 0.2) is 40.9 Å². The van der Waals surface area contributed by atoms with Crippen LogP contribution in [0.25, 0.3) is 0 Å². The van der Waals surface area contributed by atoms with E-state index in [2.05, 4.69) is 10.3 Å². The molecule has 0 aliphatic heterocycles. The van der Waals surface area contributed by atoms with Crippen LogP contribution in [0.2, 0.25) is 0 Å². The number of pyridine rings is 1. The van der Waals surface area contributed by atoms with Crippen molar-refractivity contribution in [3.05, 3.63) is 51.7 Å². The second-order valence-corrected chi connectivity index (χ2v) is 4.17. The number of amides is 1. The van der Waals surface area contributed by atoms with Crippen LogP contribution in [0.4, 0.5) is 0 Å². The first-order chi connectivity index (χ1) is 7.75. The third-order valence-electron chi connectivity index (χ3n) is 1.95. The maximum absolute atomic E-state index is 11.6. The highest BCUT2D eigenvalue weighted by Gasteiger charge is 2.09. The number of furan rings is 1. The Morgan fingerprint density at radius 3 is 2.88 bits per heavy atom. The van der Waals surface area contributed by atoms with E-state index in [0.717, 1.165) is 5.69 Å². The largest absolute Gasteiger partial charge is 0.445 e. The number of carbonyl (C=O) groups is 1. The van der Waals surface area contributed by atoms with Gasteiger partial charge in [-0.3, -0.25) is 9.78 Å². The predicted molar refractivity (Wildman–Crippen MR) is 66.8 cm³/mol. The summed E-state index contributed by atoms with van der Waals surface area (Å²) in [5.41, 5.74) is 0.817. The Morgan fingerprint density at radius 1 is 1.38 bits per heavy atom. The van der Waals surface area contributed by atoms with Crippen molar-refractivity contribution in [2.75, 3.05) is 0 Å². The Kier molecular flexibility index (Phi) is 3.55. The molecule has 16 heavy (non-hydrogen) atoms. The van der Waals surface area contributed by atoms with E-state index in [0.29, 0.717) is 16.1 Å². The maximum Gasteiger partial charge on any atom is 0.287 e. The molecule has 2 aromatic heterocycles. The molecule has 0 spiro atoms. The van der Waals surface area contributed by atoms with Crippen molar-refractivity contribution >= 4 is 28.5 Å². The molecule has 2 heterocycles. The van der Waals surface area contributed by atoms with E-state index in [4.69, 9.17) is 4.42 Å². The standard InChI is InChI=1S/C11H9IN2O2/c12-10-5-4-9(16-10)11(15)14-7-8-3-1-2-6-13-8/h1-6H,7H2,(H,14,15). The van der Waals surface area contributed by atoms with E-state index in [-0.39, 0.29) is 5.91 Å². The Balaban J connectivity index is 1.94. The van der Waals surface area contributed by atoms with Gasteiger partial charge in [0.25, 0.3) is 5.91 Å². The predicted octanol–water partition coefficient (Wildman–Crippen LogP) is 2.21. The van der Waals surface area contributed by atoms with Crippen molar-refractivity contribution < 1.29 is 9.21 Å². The lowest BCUT2D eigenvalue weighted by Crippen LogP contribution is -2.22. The van der Waals surface area contributed by atoms with E-state index in [1.165, 1.54) is 0 Å². The van der Waals surface area contributed by atoms with E-state index in [9.17, 15) is 4.79 Å². The quantitative estimate of drug-likeness (QED) is 0.879. The first-order valence-electron chi connectivity index (χ1n) is 4.69. The van der Waals surface area contributed by atoms with Gasteiger partial charge in [0.15, 0.2) is 9.53 Å². The highest BCUT2D eigenvalue weighted by molar-refractivity contribution is 14.1. The molecular formula is C11H9IN2O2. The topological polar surface area (TPSA) is 55.1 Å². The molecule has 2 rings (SSSR count). The van der Waals surface area contributed by atoms with Crippen LogP contribution in [0.5, 0.6) is 0 Å². The van der Waals surface area contributed by atoms with Crippen LogP contribution in [0.3, 0.4) is 0 Å². The normalized spacial score (nSPS) is 10.1. The van der Waals surface area contributed by atoms with Gasteiger partial charge in [0.05, 0.1) is 12.2 Å². The summed E-state index contributed by atoms with van der Waals surface area (Å²) < 4.78 is 5.88. The Morgan fingerprint density at radius 2 is 2.25 bits per heavy atom. The van der Waals surface area contributed by atoms with Gasteiger partial charge in [-0.05, 0) is 46.9 Å². The first kappa shape index (κ1) is 11.1. The number of hydrogen-bond acceptors (Lipinski definition) is 3. The molecule has 0 radical (unpaired) electrons. The van der Waals surface area contributed by atoms with Crippen molar-refractivity contribution in [2.24, 2.45) is 0 Å². The number of aromatic nitrogens is 1. The van der Waals surface area contributed by atoms with Crippen molar-refractivity contribution in [2.45, 2.75) is 6.54 Å². The lowest BCUT2D eigenvalue weighted by Gasteiger charge is -2.01. The SMILES string of the molecule is O=C(NCc1ccccn1)c1ccc(I)o1. The van der Waals surface area contributed by atoms with Gasteiger partial charge in [-0.2, -0.15) is 0 Å². The van der Waals surface area contributed by atoms with E-state index in [1.807, 2.05) is 40.8 Å². The minimum Gasteiger partial charge on any atom is -0.445 e. The third kappa shape index (κ3) is 2.82. The van der Waals surface area contributed by atoms with Gasteiger partial charge in [0, 0.05) is 6.20 Å². The molecule has 0 unspecified atom stereocenters. The van der Waals surface area contributed by atoms with Crippen molar-refractivity contribution in [3.8, 4) is 0 Å². The van der Waals surface area contributed by atoms with Crippen LogP contribution in [-0.2, 0) is 6.54 Å². The summed E-state index contributed by atoms with van der Waals surface area (Å²) in [6.45, 7) is 0.400. The van der Waals surface area contributed by atoms with Gasteiger partial charge in [0.2, 0.25) is 0 Å². The summed E-state index contributed by atoms with van der Waals surface area (Å²) >= 11 is 2.01. The zero-order valence-electron chi connectivity index (χ0n) is 8.31. The highest BCUT2D eigenvalue weighted by Crippen LogP contribution is 2.09. The Hall–Kier alpha value is -1.37. The second kappa shape index (κ2) is 5.11. The molecule has 0 saturated carbocycles. The molecule has 2 aromatic rings. The van der Waals surface area contributed by atoms with Gasteiger partial charge in [0.1, 0.15) is 0 Å². The van der Waals surface area contributed by atoms with Crippen LogP contribution in [-0.4, -0.2) is 10.9 Å². The third-order valence-corrected chi connectivity index (χ3v) is 2.53. The molecular weight excluding hydrogens is 319 g/mol. The molecule has 0 atom stereocenters. The molecule has 1 N–H and O–H groups in total. The molecule has 5 heteroatoms. The molecule has 4 nitrogen and oxygen atoms in total. The number of rotatable bonds is 3. The lowest BCUT2D eigenvalue weighted by atomic mass is 10.3. The summed E-state index contributed by atoms with van der Waals surface area (Å²) in [6.07, 6.45) is 1.69. The molecule has 0 aliphatic rings. The van der Waals surface area contributed by atoms with E-state index in [1.54, 1.807) is 18.3 Å². The summed E-state index contributed by atoms with van der Waals surface area (Å²) in [7, 11) is 0. The highest BCUT2D eigenvalue weighted by atomic mass is 127. The fraction of sp³-hybridized carbons (Fsp3) is 0.0909. The first-order valence-corrected chi connectivity index (χ1v) is 5.77. The van der Waals surface area contributed by atoms with Crippen LogP contribution in [0, 0.1) is 3.77 Å². The minimum absolute atomic E-state index is 0.228. The van der Waals surface area contributed by atoms with Crippen LogP contribution in [0.1, 0.15) is 16.2 Å². The fourth-order valence-corrected chi connectivity index (χ4v) is 1.61. The van der Waals surface area contributed by atoms with Gasteiger partial charge in [-0.1, -0.05) is 6.07 Å².